The van der Waals surface area contributed by atoms with Crippen LogP contribution in [0.2, 0.25) is 0 Å². The second kappa shape index (κ2) is 8.60. The van der Waals surface area contributed by atoms with Gasteiger partial charge in [-0.05, 0) is 76.1 Å². The first kappa shape index (κ1) is 19.3. The zero-order valence-corrected chi connectivity index (χ0v) is 17.6. The Bertz CT molecular complexity index is 709. The third kappa shape index (κ3) is 4.92. The first-order chi connectivity index (χ1) is 14.3. The van der Waals surface area contributed by atoms with E-state index in [-0.39, 0.29) is 5.91 Å². The van der Waals surface area contributed by atoms with Crippen molar-refractivity contribution in [2.24, 2.45) is 5.92 Å². The van der Waals surface area contributed by atoms with Gasteiger partial charge < -0.3 is 15.1 Å². The van der Waals surface area contributed by atoms with Gasteiger partial charge in [-0.2, -0.15) is 0 Å². The van der Waals surface area contributed by atoms with Gasteiger partial charge >= 0.3 is 0 Å². The van der Waals surface area contributed by atoms with Gasteiger partial charge in [0.05, 0.1) is 0 Å². The summed E-state index contributed by atoms with van der Waals surface area (Å²) in [6.07, 6.45) is 9.16. The number of pyridine rings is 1. The smallest absolute Gasteiger partial charge is 0.269 e. The lowest BCUT2D eigenvalue weighted by atomic mass is 10.0. The molecule has 0 atom stereocenters. The van der Waals surface area contributed by atoms with Gasteiger partial charge in [0.15, 0.2) is 0 Å². The molecule has 4 fully saturated rings. The molecule has 1 N–H and O–H groups in total. The molecule has 5 rings (SSSR count). The number of carbonyl (C=O) groups is 1. The summed E-state index contributed by atoms with van der Waals surface area (Å²) in [4.78, 5) is 24.9. The predicted octanol–water partition coefficient (Wildman–Crippen LogP) is 2.36. The van der Waals surface area contributed by atoms with Crippen LogP contribution in [0.3, 0.4) is 0 Å². The van der Waals surface area contributed by atoms with E-state index in [0.29, 0.717) is 11.6 Å². The highest BCUT2D eigenvalue weighted by atomic mass is 16.1. The van der Waals surface area contributed by atoms with Crippen LogP contribution in [0.4, 0.5) is 5.82 Å². The fraction of sp³-hybridized carbons (Fsp3) is 0.739. The summed E-state index contributed by atoms with van der Waals surface area (Å²) in [6.45, 7) is 7.69. The first-order valence-electron chi connectivity index (χ1n) is 11.7. The molecule has 0 bridgehead atoms. The molecule has 3 heterocycles. The van der Waals surface area contributed by atoms with Crippen LogP contribution in [0.25, 0.3) is 0 Å². The Kier molecular flexibility index (Phi) is 5.73. The monoisotopic (exact) mass is 397 g/mol. The van der Waals surface area contributed by atoms with Crippen LogP contribution in [0, 0.1) is 5.92 Å². The topological polar surface area (TPSA) is 51.7 Å². The SMILES string of the molecule is O=C(NCC1CC1)c1cccc(N2CCCN(C3CCN(C4CC4)CC3)CC2)n1. The lowest BCUT2D eigenvalue weighted by molar-refractivity contribution is 0.0947. The van der Waals surface area contributed by atoms with E-state index in [1.54, 1.807) is 0 Å². The molecule has 2 saturated carbocycles. The summed E-state index contributed by atoms with van der Waals surface area (Å²) in [6, 6.07) is 7.53. The van der Waals surface area contributed by atoms with Gasteiger partial charge in [0.1, 0.15) is 11.5 Å². The van der Waals surface area contributed by atoms with Crippen LogP contribution in [0.5, 0.6) is 0 Å². The fourth-order valence-electron chi connectivity index (χ4n) is 4.96. The molecule has 2 aliphatic carbocycles. The number of likely N-dealkylation sites (tertiary alicyclic amines) is 1. The zero-order chi connectivity index (χ0) is 19.6. The minimum absolute atomic E-state index is 0.0300. The average Bonchev–Trinajstić information content (AvgIpc) is 3.66. The van der Waals surface area contributed by atoms with Gasteiger partial charge in [0.25, 0.3) is 5.91 Å². The highest BCUT2D eigenvalue weighted by Gasteiger charge is 2.33. The summed E-state index contributed by atoms with van der Waals surface area (Å²) >= 11 is 0. The van der Waals surface area contributed by atoms with Crippen molar-refractivity contribution < 1.29 is 4.79 Å². The molecule has 4 aliphatic rings. The van der Waals surface area contributed by atoms with Gasteiger partial charge in [-0.15, -0.1) is 0 Å². The predicted molar refractivity (Wildman–Crippen MR) is 115 cm³/mol. The Labute approximate surface area is 174 Å². The number of rotatable bonds is 6. The van der Waals surface area contributed by atoms with Gasteiger partial charge in [-0.25, -0.2) is 4.98 Å². The van der Waals surface area contributed by atoms with E-state index in [0.717, 1.165) is 44.1 Å². The van der Waals surface area contributed by atoms with Crippen LogP contribution >= 0.6 is 0 Å². The highest BCUT2D eigenvalue weighted by molar-refractivity contribution is 5.92. The molecule has 0 spiro atoms. The summed E-state index contributed by atoms with van der Waals surface area (Å²) in [5.41, 5.74) is 0.553. The largest absolute Gasteiger partial charge is 0.355 e. The van der Waals surface area contributed by atoms with Crippen LogP contribution in [0.15, 0.2) is 18.2 Å². The van der Waals surface area contributed by atoms with Crippen LogP contribution in [-0.4, -0.2) is 78.6 Å². The van der Waals surface area contributed by atoms with Crippen molar-refractivity contribution in [3.8, 4) is 0 Å². The molecular weight excluding hydrogens is 362 g/mol. The summed E-state index contributed by atoms with van der Waals surface area (Å²) in [7, 11) is 0. The van der Waals surface area contributed by atoms with Crippen LogP contribution < -0.4 is 10.2 Å². The van der Waals surface area contributed by atoms with Crippen molar-refractivity contribution in [1.29, 1.82) is 0 Å². The molecule has 1 aromatic heterocycles. The second-order valence-electron chi connectivity index (χ2n) is 9.41. The maximum atomic E-state index is 12.4. The number of hydrogen-bond donors (Lipinski definition) is 1. The molecule has 2 aliphatic heterocycles. The number of nitrogens with one attached hydrogen (secondary N) is 1. The van der Waals surface area contributed by atoms with E-state index in [4.69, 9.17) is 4.98 Å². The molecule has 0 unspecified atom stereocenters. The summed E-state index contributed by atoms with van der Waals surface area (Å²) < 4.78 is 0. The standard InChI is InChI=1S/C23H35N5O/c29-23(24-17-18-5-6-18)21-3-1-4-22(25-21)28-12-2-11-26(15-16-28)20-9-13-27(14-10-20)19-7-8-19/h1,3-4,18-20H,2,5-17H2,(H,24,29). The van der Waals surface area contributed by atoms with Crippen molar-refractivity contribution in [2.75, 3.05) is 50.7 Å². The van der Waals surface area contributed by atoms with Crippen molar-refractivity contribution >= 4 is 11.7 Å². The van der Waals surface area contributed by atoms with Crippen molar-refractivity contribution in [3.63, 3.8) is 0 Å². The van der Waals surface area contributed by atoms with Gasteiger partial charge in [-0.3, -0.25) is 9.69 Å². The first-order valence-corrected chi connectivity index (χ1v) is 11.7. The van der Waals surface area contributed by atoms with Crippen LogP contribution in [-0.2, 0) is 0 Å². The number of hydrogen-bond acceptors (Lipinski definition) is 5. The van der Waals surface area contributed by atoms with E-state index >= 15 is 0 Å². The van der Waals surface area contributed by atoms with Gasteiger partial charge in [0, 0.05) is 44.8 Å². The normalized spacial score (nSPS) is 25.0. The maximum absolute atomic E-state index is 12.4. The minimum atomic E-state index is -0.0300. The van der Waals surface area contributed by atoms with E-state index in [1.807, 2.05) is 12.1 Å². The molecule has 0 aromatic carbocycles. The molecular formula is C23H35N5O. The van der Waals surface area contributed by atoms with E-state index in [2.05, 4.69) is 26.1 Å². The molecule has 29 heavy (non-hydrogen) atoms. The van der Waals surface area contributed by atoms with Gasteiger partial charge in [-0.1, -0.05) is 6.07 Å². The highest BCUT2D eigenvalue weighted by Crippen LogP contribution is 2.31. The third-order valence-corrected chi connectivity index (χ3v) is 7.15. The number of nitrogens with zero attached hydrogens (tertiary/aromatic N) is 4. The fourth-order valence-corrected chi connectivity index (χ4v) is 4.96. The average molecular weight is 398 g/mol. The second-order valence-corrected chi connectivity index (χ2v) is 9.41. The zero-order valence-electron chi connectivity index (χ0n) is 17.6. The lowest BCUT2D eigenvalue weighted by Crippen LogP contribution is -2.46. The number of anilines is 1. The van der Waals surface area contributed by atoms with E-state index in [9.17, 15) is 4.79 Å². The Morgan fingerprint density at radius 2 is 1.66 bits per heavy atom. The van der Waals surface area contributed by atoms with Crippen LogP contribution in [0.1, 0.15) is 55.4 Å². The van der Waals surface area contributed by atoms with Crippen molar-refractivity contribution in [2.45, 2.75) is 57.0 Å². The molecule has 6 heteroatoms. The minimum Gasteiger partial charge on any atom is -0.355 e. The quantitative estimate of drug-likeness (QED) is 0.799. The Balaban J connectivity index is 1.15. The third-order valence-electron chi connectivity index (χ3n) is 7.15. The van der Waals surface area contributed by atoms with Crippen molar-refractivity contribution in [1.82, 2.24) is 20.1 Å². The van der Waals surface area contributed by atoms with E-state index < -0.39 is 0 Å². The molecule has 0 radical (unpaired) electrons. The lowest BCUT2D eigenvalue weighted by Gasteiger charge is -2.38. The van der Waals surface area contributed by atoms with Gasteiger partial charge in [0.2, 0.25) is 0 Å². The Hall–Kier alpha value is -1.66. The Morgan fingerprint density at radius 1 is 0.897 bits per heavy atom. The maximum Gasteiger partial charge on any atom is 0.269 e. The molecule has 1 amide bonds. The van der Waals surface area contributed by atoms with Crippen molar-refractivity contribution in [3.05, 3.63) is 23.9 Å². The molecule has 1 aromatic rings. The summed E-state index contributed by atoms with van der Waals surface area (Å²) in [5.74, 6) is 1.61. The number of piperidine rings is 1. The molecule has 158 valence electrons. The van der Waals surface area contributed by atoms with E-state index in [1.165, 1.54) is 64.6 Å². The number of aromatic nitrogens is 1. The summed E-state index contributed by atoms with van der Waals surface area (Å²) in [5, 5.41) is 3.04. The number of carbonyl (C=O) groups excluding carboxylic acids is 1. The number of amides is 1. The molecule has 2 saturated heterocycles. The Morgan fingerprint density at radius 3 is 2.41 bits per heavy atom. The molecule has 6 nitrogen and oxygen atoms in total.